The Hall–Kier alpha value is -2.63. The molecular formula is C22H30N4O4. The first-order valence-corrected chi connectivity index (χ1v) is 10.2. The van der Waals surface area contributed by atoms with Crippen LogP contribution in [0, 0.1) is 11.3 Å². The molecule has 2 heterocycles. The number of likely N-dealkylation sites (N-methyl/N-ethyl adjacent to an activating group) is 1. The lowest BCUT2D eigenvalue weighted by molar-refractivity contribution is -0.147. The van der Waals surface area contributed by atoms with E-state index in [0.29, 0.717) is 44.8 Å². The Morgan fingerprint density at radius 3 is 2.30 bits per heavy atom. The van der Waals surface area contributed by atoms with E-state index >= 15 is 0 Å². The largest absolute Gasteiger partial charge is 0.444 e. The third-order valence-electron chi connectivity index (χ3n) is 5.10. The molecule has 2 unspecified atom stereocenters. The molecule has 2 fully saturated rings. The van der Waals surface area contributed by atoms with Crippen molar-refractivity contribution in [3.63, 3.8) is 0 Å². The Bertz CT molecular complexity index is 798. The second-order valence-electron chi connectivity index (χ2n) is 9.02. The van der Waals surface area contributed by atoms with Crippen LogP contribution in [0.5, 0.6) is 0 Å². The lowest BCUT2D eigenvalue weighted by atomic mass is 10.1. The number of amides is 2. The van der Waals surface area contributed by atoms with Crippen molar-refractivity contribution >= 4 is 12.0 Å². The number of nitriles is 1. The minimum Gasteiger partial charge on any atom is -0.444 e. The molecule has 1 aromatic carbocycles. The number of hydrogen-bond acceptors (Lipinski definition) is 6. The molecule has 8 heteroatoms. The minimum absolute atomic E-state index is 0.0309. The molecule has 1 aromatic rings. The lowest BCUT2D eigenvalue weighted by Gasteiger charge is -2.45. The summed E-state index contributed by atoms with van der Waals surface area (Å²) in [6.07, 6.45) is -0.559. The van der Waals surface area contributed by atoms with Crippen LogP contribution in [0.3, 0.4) is 0 Å². The van der Waals surface area contributed by atoms with Crippen LogP contribution in [0.4, 0.5) is 4.79 Å². The molecule has 0 aromatic heterocycles. The number of carbonyl (C=O) groups is 2. The number of ether oxygens (including phenoxy) is 2. The van der Waals surface area contributed by atoms with Crippen LogP contribution in [0.15, 0.2) is 24.3 Å². The molecule has 8 nitrogen and oxygen atoms in total. The van der Waals surface area contributed by atoms with Gasteiger partial charge in [-0.2, -0.15) is 5.26 Å². The second kappa shape index (κ2) is 9.02. The quantitative estimate of drug-likeness (QED) is 0.747. The highest BCUT2D eigenvalue weighted by Gasteiger charge is 2.38. The average Bonchev–Trinajstić information content (AvgIpc) is 2.66. The van der Waals surface area contributed by atoms with Crippen LogP contribution < -0.4 is 0 Å². The topological polar surface area (TPSA) is 86.1 Å². The van der Waals surface area contributed by atoms with Crippen LogP contribution in [-0.2, 0) is 20.8 Å². The van der Waals surface area contributed by atoms with Crippen LogP contribution in [-0.4, -0.2) is 84.3 Å². The van der Waals surface area contributed by atoms with Gasteiger partial charge in [-0.1, -0.05) is 12.1 Å². The summed E-state index contributed by atoms with van der Waals surface area (Å²) in [6, 6.07) is 9.34. The highest BCUT2D eigenvalue weighted by atomic mass is 16.6. The normalized spacial score (nSPS) is 21.6. The zero-order valence-electron chi connectivity index (χ0n) is 18.1. The highest BCUT2D eigenvalue weighted by molar-refractivity contribution is 5.78. The Morgan fingerprint density at radius 1 is 1.17 bits per heavy atom. The number of carbonyl (C=O) groups excluding carboxylic acids is 2. The number of nitrogens with zero attached hydrogens (tertiary/aromatic N) is 4. The van der Waals surface area contributed by atoms with Gasteiger partial charge >= 0.3 is 6.09 Å². The van der Waals surface area contributed by atoms with Gasteiger partial charge in [-0.15, -0.1) is 0 Å². The molecule has 0 saturated carbocycles. The van der Waals surface area contributed by atoms with Gasteiger partial charge in [-0.3, -0.25) is 9.69 Å². The summed E-state index contributed by atoms with van der Waals surface area (Å²) < 4.78 is 11.5. The molecule has 162 valence electrons. The zero-order valence-corrected chi connectivity index (χ0v) is 18.1. The van der Waals surface area contributed by atoms with E-state index in [2.05, 4.69) is 11.0 Å². The van der Waals surface area contributed by atoms with Crippen LogP contribution >= 0.6 is 0 Å². The van der Waals surface area contributed by atoms with Crippen molar-refractivity contribution in [2.24, 2.45) is 0 Å². The van der Waals surface area contributed by atoms with Crippen molar-refractivity contribution in [2.45, 2.75) is 45.1 Å². The van der Waals surface area contributed by atoms with E-state index in [1.807, 2.05) is 32.9 Å². The molecule has 2 aliphatic rings. The summed E-state index contributed by atoms with van der Waals surface area (Å²) in [5.74, 6) is 0.0309. The number of fused-ring (bicyclic) bond motifs is 2. The second-order valence-corrected chi connectivity index (χ2v) is 9.02. The van der Waals surface area contributed by atoms with Gasteiger partial charge in [0.05, 0.1) is 43.5 Å². The third-order valence-corrected chi connectivity index (χ3v) is 5.10. The first-order valence-electron chi connectivity index (χ1n) is 10.2. The van der Waals surface area contributed by atoms with Crippen molar-refractivity contribution < 1.29 is 19.1 Å². The van der Waals surface area contributed by atoms with E-state index in [4.69, 9.17) is 14.7 Å². The highest BCUT2D eigenvalue weighted by Crippen LogP contribution is 2.21. The number of rotatable bonds is 4. The van der Waals surface area contributed by atoms with E-state index in [1.165, 1.54) is 0 Å². The number of hydrogen-bond donors (Lipinski definition) is 0. The summed E-state index contributed by atoms with van der Waals surface area (Å²) >= 11 is 0. The third kappa shape index (κ3) is 5.94. The number of benzene rings is 1. The van der Waals surface area contributed by atoms with E-state index in [0.717, 1.165) is 5.56 Å². The van der Waals surface area contributed by atoms with Gasteiger partial charge in [0.2, 0.25) is 5.91 Å². The maximum absolute atomic E-state index is 12.7. The van der Waals surface area contributed by atoms with Gasteiger partial charge in [-0.05, 0) is 38.5 Å². The summed E-state index contributed by atoms with van der Waals surface area (Å²) in [5, 5.41) is 8.89. The van der Waals surface area contributed by atoms with Gasteiger partial charge in [0.15, 0.2) is 0 Å². The standard InChI is InChI=1S/C22H30N4O4/c1-22(2,3)30-21(28)26-13-18-11-25(12-19(14-26)29-18)15-20(27)24(4)10-17-7-5-16(9-23)6-8-17/h5-8,18-19H,10-15H2,1-4H3. The molecule has 2 saturated heterocycles. The summed E-state index contributed by atoms with van der Waals surface area (Å²) in [5.41, 5.74) is 1.06. The Morgan fingerprint density at radius 2 is 1.77 bits per heavy atom. The molecule has 0 N–H and O–H groups in total. The Balaban J connectivity index is 1.50. The molecule has 0 aliphatic carbocycles. The Kier molecular flexibility index (Phi) is 6.64. The maximum Gasteiger partial charge on any atom is 0.410 e. The fourth-order valence-electron chi connectivity index (χ4n) is 3.74. The average molecular weight is 415 g/mol. The molecule has 2 amide bonds. The fourth-order valence-corrected chi connectivity index (χ4v) is 3.74. The lowest BCUT2D eigenvalue weighted by Crippen LogP contribution is -2.61. The molecular weight excluding hydrogens is 384 g/mol. The molecule has 0 spiro atoms. The predicted molar refractivity (Wildman–Crippen MR) is 111 cm³/mol. The van der Waals surface area contributed by atoms with Gasteiger partial charge < -0.3 is 19.3 Å². The monoisotopic (exact) mass is 414 g/mol. The van der Waals surface area contributed by atoms with Crippen molar-refractivity contribution in [2.75, 3.05) is 39.8 Å². The first kappa shape index (κ1) is 22.1. The molecule has 2 atom stereocenters. The van der Waals surface area contributed by atoms with Crippen LogP contribution in [0.25, 0.3) is 0 Å². The maximum atomic E-state index is 12.7. The van der Waals surface area contributed by atoms with Crippen molar-refractivity contribution in [1.29, 1.82) is 5.26 Å². The predicted octanol–water partition coefficient (Wildman–Crippen LogP) is 1.84. The summed E-state index contributed by atoms with van der Waals surface area (Å²) in [7, 11) is 1.78. The van der Waals surface area contributed by atoms with Crippen LogP contribution in [0.1, 0.15) is 31.9 Å². The summed E-state index contributed by atoms with van der Waals surface area (Å²) in [4.78, 5) is 30.6. The van der Waals surface area contributed by atoms with E-state index in [1.54, 1.807) is 29.0 Å². The number of morpholine rings is 2. The Labute approximate surface area is 177 Å². The summed E-state index contributed by atoms with van der Waals surface area (Å²) in [6.45, 7) is 8.52. The molecule has 3 rings (SSSR count). The van der Waals surface area contributed by atoms with E-state index in [9.17, 15) is 9.59 Å². The molecule has 2 bridgehead atoms. The van der Waals surface area contributed by atoms with Crippen molar-refractivity contribution in [3.05, 3.63) is 35.4 Å². The fraction of sp³-hybridized carbons (Fsp3) is 0.591. The van der Waals surface area contributed by atoms with Crippen molar-refractivity contribution in [3.8, 4) is 6.07 Å². The SMILES string of the molecule is CN(Cc1ccc(C#N)cc1)C(=O)CN1CC2CN(C(=O)OC(C)(C)C)CC(C1)O2. The van der Waals surface area contributed by atoms with Gasteiger partial charge in [0.1, 0.15) is 5.60 Å². The first-order chi connectivity index (χ1) is 14.1. The van der Waals surface area contributed by atoms with Crippen LogP contribution in [0.2, 0.25) is 0 Å². The molecule has 0 radical (unpaired) electrons. The van der Waals surface area contributed by atoms with E-state index in [-0.39, 0.29) is 24.2 Å². The zero-order chi connectivity index (χ0) is 21.9. The molecule has 2 aliphatic heterocycles. The van der Waals surface area contributed by atoms with E-state index < -0.39 is 5.60 Å². The smallest absolute Gasteiger partial charge is 0.410 e. The minimum atomic E-state index is -0.525. The van der Waals surface area contributed by atoms with Gasteiger partial charge in [0, 0.05) is 26.7 Å². The van der Waals surface area contributed by atoms with Gasteiger partial charge in [0.25, 0.3) is 0 Å². The van der Waals surface area contributed by atoms with Crippen molar-refractivity contribution in [1.82, 2.24) is 14.7 Å². The van der Waals surface area contributed by atoms with Gasteiger partial charge in [-0.25, -0.2) is 4.79 Å². The molecule has 30 heavy (non-hydrogen) atoms.